The molecule has 0 radical (unpaired) electrons. The molecular formula is C25H21ClFN5O3. The average Bonchev–Trinajstić information content (AvgIpc) is 3.26. The maximum atomic E-state index is 15.3. The molecule has 0 unspecified atom stereocenters. The van der Waals surface area contributed by atoms with E-state index < -0.39 is 23.4 Å². The number of hydrogen-bond acceptors (Lipinski definition) is 6. The van der Waals surface area contributed by atoms with Gasteiger partial charge in [-0.3, -0.25) is 9.20 Å². The maximum absolute atomic E-state index is 15.3. The molecule has 4 heterocycles. The van der Waals surface area contributed by atoms with Gasteiger partial charge in [0.25, 0.3) is 5.56 Å². The molecule has 1 atom stereocenters. The predicted molar refractivity (Wildman–Crippen MR) is 131 cm³/mol. The molecule has 0 saturated carbocycles. The van der Waals surface area contributed by atoms with Gasteiger partial charge in [-0.05, 0) is 48.7 Å². The van der Waals surface area contributed by atoms with E-state index in [1.165, 1.54) is 16.5 Å². The largest absolute Gasteiger partial charge is 0.476 e. The zero-order valence-electron chi connectivity index (χ0n) is 18.9. The quantitative estimate of drug-likeness (QED) is 0.392. The highest BCUT2D eigenvalue weighted by Crippen LogP contribution is 2.30. The fourth-order valence-electron chi connectivity index (χ4n) is 4.41. The van der Waals surface area contributed by atoms with Crippen molar-refractivity contribution >= 4 is 34.7 Å². The number of carboxylic acid groups (broad SMARTS) is 1. The Morgan fingerprint density at radius 2 is 1.86 bits per heavy atom. The SMILES string of the molecule is Cc1cc([C@@H](C)Nc2ccc(Cl)nc2C(=O)O)c2nc(N3Cc4ccccc4C3)c(F)c(=O)n2c1. The third-order valence-corrected chi connectivity index (χ3v) is 6.27. The van der Waals surface area contributed by atoms with E-state index in [1.54, 1.807) is 24.9 Å². The van der Waals surface area contributed by atoms with Gasteiger partial charge in [-0.2, -0.15) is 4.39 Å². The van der Waals surface area contributed by atoms with Gasteiger partial charge >= 0.3 is 5.97 Å². The monoisotopic (exact) mass is 493 g/mol. The van der Waals surface area contributed by atoms with Crippen molar-refractivity contribution in [1.29, 1.82) is 0 Å². The van der Waals surface area contributed by atoms with Crippen molar-refractivity contribution < 1.29 is 14.3 Å². The lowest BCUT2D eigenvalue weighted by Crippen LogP contribution is -2.27. The van der Waals surface area contributed by atoms with Crippen LogP contribution in [0.4, 0.5) is 15.9 Å². The van der Waals surface area contributed by atoms with E-state index in [1.807, 2.05) is 30.3 Å². The molecule has 10 heteroatoms. The van der Waals surface area contributed by atoms with E-state index in [2.05, 4.69) is 15.3 Å². The van der Waals surface area contributed by atoms with E-state index in [0.29, 0.717) is 18.7 Å². The second kappa shape index (κ2) is 8.66. The van der Waals surface area contributed by atoms with Gasteiger partial charge < -0.3 is 15.3 Å². The molecule has 5 rings (SSSR count). The molecule has 4 aromatic rings. The number of rotatable bonds is 5. The number of pyridine rings is 2. The van der Waals surface area contributed by atoms with Gasteiger partial charge in [0.1, 0.15) is 10.8 Å². The minimum Gasteiger partial charge on any atom is -0.476 e. The summed E-state index contributed by atoms with van der Waals surface area (Å²) in [5.41, 5.74) is 2.96. The minimum atomic E-state index is -1.23. The summed E-state index contributed by atoms with van der Waals surface area (Å²) in [4.78, 5) is 34.9. The number of carbonyl (C=O) groups is 1. The average molecular weight is 494 g/mol. The Kier molecular flexibility index (Phi) is 5.64. The summed E-state index contributed by atoms with van der Waals surface area (Å²) >= 11 is 5.87. The Morgan fingerprint density at radius 1 is 1.17 bits per heavy atom. The van der Waals surface area contributed by atoms with Crippen LogP contribution in [0, 0.1) is 12.7 Å². The number of anilines is 2. The number of aromatic carboxylic acids is 1. The van der Waals surface area contributed by atoms with Crippen molar-refractivity contribution in [3.05, 3.63) is 97.9 Å². The number of benzene rings is 1. The van der Waals surface area contributed by atoms with Crippen LogP contribution in [0.15, 0.2) is 53.5 Å². The third kappa shape index (κ3) is 4.08. The molecule has 3 aromatic heterocycles. The normalized spacial score (nSPS) is 13.7. The summed E-state index contributed by atoms with van der Waals surface area (Å²) in [7, 11) is 0. The summed E-state index contributed by atoms with van der Waals surface area (Å²) in [6, 6.07) is 12.2. The Morgan fingerprint density at radius 3 is 2.51 bits per heavy atom. The molecule has 0 saturated heterocycles. The highest BCUT2D eigenvalue weighted by atomic mass is 35.5. The fraction of sp³-hybridized carbons (Fsp3) is 0.200. The molecule has 0 spiro atoms. The Hall–Kier alpha value is -3.98. The number of hydrogen-bond donors (Lipinski definition) is 2. The van der Waals surface area contributed by atoms with E-state index in [4.69, 9.17) is 11.6 Å². The molecule has 0 fully saturated rings. The van der Waals surface area contributed by atoms with Crippen LogP contribution in [0.3, 0.4) is 0 Å². The van der Waals surface area contributed by atoms with Crippen LogP contribution in [0.1, 0.15) is 45.7 Å². The number of halogens is 2. The van der Waals surface area contributed by atoms with E-state index in [9.17, 15) is 14.7 Å². The first-order valence-electron chi connectivity index (χ1n) is 10.9. The van der Waals surface area contributed by atoms with Gasteiger partial charge in [0.05, 0.1) is 11.7 Å². The summed E-state index contributed by atoms with van der Waals surface area (Å²) in [5, 5.41) is 12.7. The van der Waals surface area contributed by atoms with Gasteiger partial charge in [-0.1, -0.05) is 35.9 Å². The van der Waals surface area contributed by atoms with Crippen molar-refractivity contribution in [1.82, 2.24) is 14.4 Å². The summed E-state index contributed by atoms with van der Waals surface area (Å²) in [6.45, 7) is 4.49. The van der Waals surface area contributed by atoms with Crippen LogP contribution in [0.2, 0.25) is 5.15 Å². The zero-order chi connectivity index (χ0) is 24.9. The van der Waals surface area contributed by atoms with E-state index in [-0.39, 0.29) is 28.0 Å². The van der Waals surface area contributed by atoms with Gasteiger partial charge in [0.2, 0.25) is 5.82 Å². The molecular weight excluding hydrogens is 473 g/mol. The fourth-order valence-corrected chi connectivity index (χ4v) is 4.56. The zero-order valence-corrected chi connectivity index (χ0v) is 19.7. The molecule has 1 aliphatic rings. The van der Waals surface area contributed by atoms with Gasteiger partial charge in [0, 0.05) is 24.8 Å². The first-order valence-corrected chi connectivity index (χ1v) is 11.3. The van der Waals surface area contributed by atoms with Crippen LogP contribution < -0.4 is 15.8 Å². The van der Waals surface area contributed by atoms with Gasteiger partial charge in [-0.25, -0.2) is 14.8 Å². The molecule has 8 nitrogen and oxygen atoms in total. The lowest BCUT2D eigenvalue weighted by molar-refractivity contribution is 0.0691. The van der Waals surface area contributed by atoms with Gasteiger partial charge in [-0.15, -0.1) is 0 Å². The van der Waals surface area contributed by atoms with Gasteiger partial charge in [0.15, 0.2) is 11.5 Å². The highest BCUT2D eigenvalue weighted by Gasteiger charge is 2.26. The van der Waals surface area contributed by atoms with Crippen molar-refractivity contribution in [2.75, 3.05) is 10.2 Å². The van der Waals surface area contributed by atoms with Crippen LogP contribution >= 0.6 is 11.6 Å². The van der Waals surface area contributed by atoms with Crippen molar-refractivity contribution in [2.45, 2.75) is 33.0 Å². The number of nitrogens with zero attached hydrogens (tertiary/aromatic N) is 4. The summed E-state index contributed by atoms with van der Waals surface area (Å²) < 4.78 is 16.5. The lowest BCUT2D eigenvalue weighted by Gasteiger charge is -2.22. The Labute approximate surface area is 204 Å². The molecule has 0 bridgehead atoms. The molecule has 0 amide bonds. The Balaban J connectivity index is 1.60. The lowest BCUT2D eigenvalue weighted by atomic mass is 10.1. The molecule has 1 aromatic carbocycles. The van der Waals surface area contributed by atoms with E-state index >= 15 is 4.39 Å². The van der Waals surface area contributed by atoms with Crippen LogP contribution in [-0.2, 0) is 13.1 Å². The maximum Gasteiger partial charge on any atom is 0.356 e. The topological polar surface area (TPSA) is 99.8 Å². The molecule has 35 heavy (non-hydrogen) atoms. The first kappa shape index (κ1) is 22.8. The first-order chi connectivity index (χ1) is 16.7. The highest BCUT2D eigenvalue weighted by molar-refractivity contribution is 6.29. The van der Waals surface area contributed by atoms with Crippen LogP contribution in [0.25, 0.3) is 5.65 Å². The smallest absolute Gasteiger partial charge is 0.356 e. The third-order valence-electron chi connectivity index (χ3n) is 6.06. The Bertz CT molecular complexity index is 1530. The van der Waals surface area contributed by atoms with Crippen LogP contribution in [-0.4, -0.2) is 25.4 Å². The summed E-state index contributed by atoms with van der Waals surface area (Å²) in [6.07, 6.45) is 1.54. The minimum absolute atomic E-state index is 0.0112. The molecule has 0 aliphatic carbocycles. The number of aromatic nitrogens is 3. The second-order valence-corrected chi connectivity index (χ2v) is 8.93. The number of carboxylic acids is 1. The second-order valence-electron chi connectivity index (χ2n) is 8.55. The molecule has 1 aliphatic heterocycles. The predicted octanol–water partition coefficient (Wildman–Crippen LogP) is 4.58. The molecule has 2 N–H and O–H groups in total. The van der Waals surface area contributed by atoms with Crippen molar-refractivity contribution in [2.24, 2.45) is 0 Å². The summed E-state index contributed by atoms with van der Waals surface area (Å²) in [5.74, 6) is -2.16. The number of nitrogens with one attached hydrogen (secondary N) is 1. The number of aryl methyl sites for hydroxylation is 1. The number of fused-ring (bicyclic) bond motifs is 2. The van der Waals surface area contributed by atoms with Crippen molar-refractivity contribution in [3.8, 4) is 0 Å². The molecule has 178 valence electrons. The van der Waals surface area contributed by atoms with Crippen molar-refractivity contribution in [3.63, 3.8) is 0 Å². The standard InChI is InChI=1S/C25H21ClFN5O3/c1-13-9-17(14(2)28-18-7-8-19(26)29-21(18)25(34)35)22-30-23(20(27)24(33)32(22)10-13)31-11-15-5-3-4-6-16(15)12-31/h3-10,14,28H,11-12H2,1-2H3,(H,34,35)/t14-/m1/s1. The van der Waals surface area contributed by atoms with Crippen LogP contribution in [0.5, 0.6) is 0 Å². The van der Waals surface area contributed by atoms with E-state index in [0.717, 1.165) is 16.7 Å².